The monoisotopic (exact) mass is 352 g/mol. The minimum atomic E-state index is -1.28. The summed E-state index contributed by atoms with van der Waals surface area (Å²) in [6.45, 7) is 1.86. The Morgan fingerprint density at radius 2 is 2.21 bits per heavy atom. The second kappa shape index (κ2) is 9.25. The van der Waals surface area contributed by atoms with Crippen LogP contribution in [0.3, 0.4) is 0 Å². The van der Waals surface area contributed by atoms with Crippen LogP contribution in [0, 0.1) is 0 Å². The molecule has 0 saturated carbocycles. The van der Waals surface area contributed by atoms with Gasteiger partial charge in [-0.3, -0.25) is 4.18 Å². The van der Waals surface area contributed by atoms with E-state index in [0.29, 0.717) is 6.42 Å². The predicted octanol–water partition coefficient (Wildman–Crippen LogP) is 1.88. The van der Waals surface area contributed by atoms with Crippen LogP contribution in [-0.4, -0.2) is 28.7 Å². The van der Waals surface area contributed by atoms with Gasteiger partial charge in [-0.05, 0) is 26.3 Å². The first-order valence-corrected chi connectivity index (χ1v) is 7.53. The van der Waals surface area contributed by atoms with Crippen LogP contribution in [-0.2, 0) is 8.37 Å². The summed E-state index contributed by atoms with van der Waals surface area (Å²) in [4.78, 5) is 0. The molecule has 0 radical (unpaired) electrons. The summed E-state index contributed by atoms with van der Waals surface area (Å²) in [5, 5.41) is 18.8. The Kier molecular flexibility index (Phi) is 9.92. The van der Waals surface area contributed by atoms with Gasteiger partial charge in [-0.2, -0.15) is 0 Å². The quantitative estimate of drug-likeness (QED) is 0.215. The summed E-state index contributed by atoms with van der Waals surface area (Å²) in [5.74, 6) is 0. The van der Waals surface area contributed by atoms with Gasteiger partial charge in [-0.15, -0.1) is 0 Å². The predicted molar refractivity (Wildman–Crippen MR) is 68.0 cm³/mol. The third-order valence-electron chi connectivity index (χ3n) is 1.55. The number of thiol groups is 1. The zero-order valence-electron chi connectivity index (χ0n) is 7.54. The number of rotatable bonds is 7. The average molecular weight is 352 g/mol. The maximum absolute atomic E-state index is 9.54. The molecule has 0 aliphatic rings. The fraction of sp³-hybridized carbons (Fsp3) is 0.714. The molecule has 7 heteroatoms. The first kappa shape index (κ1) is 15.0. The van der Waals surface area contributed by atoms with Gasteiger partial charge in [0.25, 0.3) is 0 Å². The molecule has 0 aromatic heterocycles. The van der Waals surface area contributed by atoms with E-state index in [1.54, 1.807) is 0 Å². The largest absolute Gasteiger partial charge is 0.385 e. The van der Waals surface area contributed by atoms with E-state index < -0.39 is 18.5 Å². The number of aliphatic hydroxyl groups is 2. The van der Waals surface area contributed by atoms with Crippen molar-refractivity contribution in [3.63, 3.8) is 0 Å². The number of hydrogen-bond donors (Lipinski definition) is 3. The Balaban J connectivity index is 4.07. The molecule has 14 heavy (non-hydrogen) atoms. The SMILES string of the molecule is CC=CC[C@@H](OS)C(O)C(O)OSI. The molecule has 0 bridgehead atoms. The zero-order valence-corrected chi connectivity index (χ0v) is 11.4. The summed E-state index contributed by atoms with van der Waals surface area (Å²) < 4.78 is 9.46. The molecule has 0 aliphatic heterocycles. The van der Waals surface area contributed by atoms with Gasteiger partial charge in [0.2, 0.25) is 0 Å². The van der Waals surface area contributed by atoms with E-state index >= 15 is 0 Å². The second-order valence-corrected chi connectivity index (χ2v) is 4.10. The van der Waals surface area contributed by atoms with Crippen LogP contribution in [0.4, 0.5) is 0 Å². The molecule has 2 unspecified atom stereocenters. The van der Waals surface area contributed by atoms with Crippen molar-refractivity contribution in [3.8, 4) is 0 Å². The molecule has 0 spiro atoms. The van der Waals surface area contributed by atoms with Crippen LogP contribution in [0.5, 0.6) is 0 Å². The normalized spacial score (nSPS) is 18.4. The summed E-state index contributed by atoms with van der Waals surface area (Å²) in [5.41, 5.74) is 0. The standard InChI is InChI=1S/C7H13IO4S2/c1-2-3-4-5(11-13)6(9)7(10)12-14-8/h2-3,5-7,9-10,13H,4H2,1H3/t5-,6?,7?/m1/s1. The summed E-state index contributed by atoms with van der Waals surface area (Å²) in [7, 11) is 0.951. The van der Waals surface area contributed by atoms with Crippen LogP contribution in [0.2, 0.25) is 0 Å². The lowest BCUT2D eigenvalue weighted by Crippen LogP contribution is -2.38. The molecule has 0 aromatic rings. The van der Waals surface area contributed by atoms with Gasteiger partial charge in [0.05, 0.1) is 9.21 Å². The first-order valence-electron chi connectivity index (χ1n) is 3.89. The topological polar surface area (TPSA) is 58.9 Å². The maximum Gasteiger partial charge on any atom is 0.197 e. The Labute approximate surface area is 105 Å². The fourth-order valence-corrected chi connectivity index (χ4v) is 1.83. The van der Waals surface area contributed by atoms with E-state index in [0.717, 1.165) is 9.21 Å². The molecule has 84 valence electrons. The second-order valence-electron chi connectivity index (χ2n) is 2.49. The van der Waals surface area contributed by atoms with Gasteiger partial charge in [0.15, 0.2) is 6.29 Å². The van der Waals surface area contributed by atoms with Crippen molar-refractivity contribution >= 4 is 43.3 Å². The van der Waals surface area contributed by atoms with Crippen LogP contribution < -0.4 is 0 Å². The van der Waals surface area contributed by atoms with Gasteiger partial charge < -0.3 is 14.4 Å². The number of hydrogen-bond acceptors (Lipinski definition) is 6. The van der Waals surface area contributed by atoms with E-state index in [1.165, 1.54) is 0 Å². The summed E-state index contributed by atoms with van der Waals surface area (Å²) in [6.07, 6.45) is 1.12. The molecule has 3 atom stereocenters. The smallest absolute Gasteiger partial charge is 0.197 e. The van der Waals surface area contributed by atoms with Crippen molar-refractivity contribution < 1.29 is 18.6 Å². The Bertz CT molecular complexity index is 170. The van der Waals surface area contributed by atoms with E-state index in [-0.39, 0.29) is 0 Å². The van der Waals surface area contributed by atoms with Gasteiger partial charge in [0, 0.05) is 21.2 Å². The first-order chi connectivity index (χ1) is 6.67. The fourth-order valence-electron chi connectivity index (χ4n) is 0.793. The molecule has 0 aromatic carbocycles. The molecular weight excluding hydrogens is 339 g/mol. The maximum atomic E-state index is 9.54. The van der Waals surface area contributed by atoms with E-state index in [2.05, 4.69) is 12.9 Å². The average Bonchev–Trinajstić information content (AvgIpc) is 2.19. The van der Waals surface area contributed by atoms with Gasteiger partial charge in [-0.1, -0.05) is 12.2 Å². The summed E-state index contributed by atoms with van der Waals surface area (Å²) in [6, 6.07) is 0. The van der Waals surface area contributed by atoms with E-state index in [9.17, 15) is 10.2 Å². The third kappa shape index (κ3) is 5.79. The molecular formula is C7H13IO4S2. The van der Waals surface area contributed by atoms with Gasteiger partial charge >= 0.3 is 0 Å². The van der Waals surface area contributed by atoms with Crippen molar-refractivity contribution in [1.29, 1.82) is 0 Å². The highest BCUT2D eigenvalue weighted by Crippen LogP contribution is 2.19. The molecule has 0 rings (SSSR count). The van der Waals surface area contributed by atoms with Gasteiger partial charge in [0.1, 0.15) is 12.2 Å². The van der Waals surface area contributed by atoms with Crippen molar-refractivity contribution in [2.45, 2.75) is 31.8 Å². The van der Waals surface area contributed by atoms with Crippen molar-refractivity contribution in [2.24, 2.45) is 0 Å². The summed E-state index contributed by atoms with van der Waals surface area (Å²) >= 11 is 5.47. The highest BCUT2D eigenvalue weighted by atomic mass is 127. The highest BCUT2D eigenvalue weighted by Gasteiger charge is 2.26. The molecule has 0 heterocycles. The minimum Gasteiger partial charge on any atom is -0.385 e. The lowest BCUT2D eigenvalue weighted by molar-refractivity contribution is -0.125. The lowest BCUT2D eigenvalue weighted by atomic mass is 10.1. The van der Waals surface area contributed by atoms with E-state index in [4.69, 9.17) is 8.37 Å². The Hall–Kier alpha value is 1.01. The van der Waals surface area contributed by atoms with Crippen molar-refractivity contribution in [2.75, 3.05) is 0 Å². The van der Waals surface area contributed by atoms with Crippen LogP contribution in [0.25, 0.3) is 0 Å². The minimum absolute atomic E-state index is 0.466. The number of allylic oxidation sites excluding steroid dienone is 1. The number of aliphatic hydroxyl groups excluding tert-OH is 2. The van der Waals surface area contributed by atoms with Crippen LogP contribution in [0.15, 0.2) is 12.2 Å². The highest BCUT2D eigenvalue weighted by molar-refractivity contribution is 14.2. The third-order valence-corrected chi connectivity index (χ3v) is 2.71. The molecule has 4 nitrogen and oxygen atoms in total. The molecule has 0 saturated heterocycles. The van der Waals surface area contributed by atoms with Crippen LogP contribution >= 0.6 is 43.3 Å². The molecule has 2 N–H and O–H groups in total. The lowest BCUT2D eigenvalue weighted by Gasteiger charge is -2.22. The molecule has 0 amide bonds. The zero-order chi connectivity index (χ0) is 11.0. The Morgan fingerprint density at radius 3 is 2.64 bits per heavy atom. The molecule has 0 aliphatic carbocycles. The van der Waals surface area contributed by atoms with Gasteiger partial charge in [-0.25, -0.2) is 0 Å². The number of halogens is 1. The van der Waals surface area contributed by atoms with E-state index in [1.807, 2.05) is 40.3 Å². The van der Waals surface area contributed by atoms with Crippen molar-refractivity contribution in [1.82, 2.24) is 0 Å². The van der Waals surface area contributed by atoms with Crippen molar-refractivity contribution in [3.05, 3.63) is 12.2 Å². The Morgan fingerprint density at radius 1 is 1.57 bits per heavy atom. The van der Waals surface area contributed by atoms with Crippen LogP contribution in [0.1, 0.15) is 13.3 Å². The molecule has 0 fully saturated rings.